The van der Waals surface area contributed by atoms with Crippen LogP contribution in [0.1, 0.15) is 17.3 Å². The summed E-state index contributed by atoms with van der Waals surface area (Å²) in [6, 6.07) is 3.56. The number of esters is 1. The molecule has 2 fully saturated rings. The molecule has 0 N–H and O–H groups in total. The molecule has 26 heavy (non-hydrogen) atoms. The van der Waals surface area contributed by atoms with Crippen LogP contribution in [0.25, 0.3) is 0 Å². The highest BCUT2D eigenvalue weighted by Crippen LogP contribution is 2.15. The smallest absolute Gasteiger partial charge is 0.339 e. The maximum Gasteiger partial charge on any atom is 0.339 e. The number of morpholine rings is 1. The van der Waals surface area contributed by atoms with Crippen molar-refractivity contribution in [3.8, 4) is 0 Å². The lowest BCUT2D eigenvalue weighted by Gasteiger charge is -2.36. The van der Waals surface area contributed by atoms with E-state index in [4.69, 9.17) is 9.47 Å². The number of piperazine rings is 1. The minimum atomic E-state index is -0.356. The Morgan fingerprint density at radius 2 is 1.85 bits per heavy atom. The van der Waals surface area contributed by atoms with E-state index in [0.29, 0.717) is 45.0 Å². The van der Waals surface area contributed by atoms with Gasteiger partial charge in [-0.15, -0.1) is 0 Å². The Hall–Kier alpha value is -2.19. The molecule has 8 heteroatoms. The highest BCUT2D eigenvalue weighted by molar-refractivity contribution is 5.89. The van der Waals surface area contributed by atoms with E-state index in [1.165, 1.54) is 0 Å². The topological polar surface area (TPSA) is 75.2 Å². The first-order valence-corrected chi connectivity index (χ1v) is 9.13. The SMILES string of the molecule is CCOC(=O)c1ccc(N2CCN(C(=O)CN3CCOCC3)CC2)nc1. The van der Waals surface area contributed by atoms with Gasteiger partial charge in [0.05, 0.1) is 31.9 Å². The molecule has 1 aromatic heterocycles. The van der Waals surface area contributed by atoms with E-state index in [1.807, 2.05) is 11.0 Å². The number of ether oxygens (including phenoxy) is 2. The van der Waals surface area contributed by atoms with Gasteiger partial charge in [-0.2, -0.15) is 0 Å². The van der Waals surface area contributed by atoms with Crippen molar-refractivity contribution in [2.45, 2.75) is 6.92 Å². The first kappa shape index (κ1) is 18.6. The number of carbonyl (C=O) groups is 2. The molecule has 1 aromatic rings. The van der Waals surface area contributed by atoms with Crippen LogP contribution in [0.2, 0.25) is 0 Å². The van der Waals surface area contributed by atoms with Crippen molar-refractivity contribution in [3.05, 3.63) is 23.9 Å². The molecule has 0 saturated carbocycles. The van der Waals surface area contributed by atoms with Gasteiger partial charge in [0.25, 0.3) is 0 Å². The quantitative estimate of drug-likeness (QED) is 0.695. The summed E-state index contributed by atoms with van der Waals surface area (Å²) in [6.45, 7) is 8.49. The number of hydrogen-bond donors (Lipinski definition) is 0. The second-order valence-corrected chi connectivity index (χ2v) is 6.38. The van der Waals surface area contributed by atoms with Gasteiger partial charge in [0.2, 0.25) is 5.91 Å². The number of carbonyl (C=O) groups excluding carboxylic acids is 2. The van der Waals surface area contributed by atoms with Crippen LogP contribution in [0.5, 0.6) is 0 Å². The highest BCUT2D eigenvalue weighted by atomic mass is 16.5. The molecule has 0 radical (unpaired) electrons. The molecule has 2 aliphatic heterocycles. The van der Waals surface area contributed by atoms with Crippen LogP contribution >= 0.6 is 0 Å². The molecule has 3 heterocycles. The summed E-state index contributed by atoms with van der Waals surface area (Å²) in [7, 11) is 0. The van der Waals surface area contributed by atoms with Crippen LogP contribution in [0.15, 0.2) is 18.3 Å². The normalized spacial score (nSPS) is 18.7. The third kappa shape index (κ3) is 4.70. The molecular formula is C18H26N4O4. The fourth-order valence-electron chi connectivity index (χ4n) is 3.14. The van der Waals surface area contributed by atoms with Crippen LogP contribution in [-0.2, 0) is 14.3 Å². The summed E-state index contributed by atoms with van der Waals surface area (Å²) in [5.41, 5.74) is 0.454. The minimum absolute atomic E-state index is 0.178. The Labute approximate surface area is 153 Å². The van der Waals surface area contributed by atoms with Crippen LogP contribution < -0.4 is 4.90 Å². The molecule has 0 spiro atoms. The van der Waals surface area contributed by atoms with Crippen molar-refractivity contribution in [3.63, 3.8) is 0 Å². The molecule has 0 bridgehead atoms. The Bertz CT molecular complexity index is 608. The predicted octanol–water partition coefficient (Wildman–Crippen LogP) is 0.239. The van der Waals surface area contributed by atoms with Gasteiger partial charge >= 0.3 is 5.97 Å². The predicted molar refractivity (Wildman–Crippen MR) is 96.2 cm³/mol. The zero-order valence-corrected chi connectivity index (χ0v) is 15.2. The summed E-state index contributed by atoms with van der Waals surface area (Å²) in [5.74, 6) is 0.639. The number of hydrogen-bond acceptors (Lipinski definition) is 7. The molecular weight excluding hydrogens is 336 g/mol. The lowest BCUT2D eigenvalue weighted by atomic mass is 10.2. The number of rotatable bonds is 5. The lowest BCUT2D eigenvalue weighted by Crippen LogP contribution is -2.52. The Balaban J connectivity index is 1.48. The summed E-state index contributed by atoms with van der Waals surface area (Å²) in [5, 5.41) is 0. The van der Waals surface area contributed by atoms with Crippen LogP contribution in [0.4, 0.5) is 5.82 Å². The maximum absolute atomic E-state index is 12.4. The highest BCUT2D eigenvalue weighted by Gasteiger charge is 2.24. The van der Waals surface area contributed by atoms with Crippen LogP contribution in [-0.4, -0.2) is 92.3 Å². The van der Waals surface area contributed by atoms with Crippen molar-refractivity contribution in [1.82, 2.24) is 14.8 Å². The number of pyridine rings is 1. The average Bonchev–Trinajstić information content (AvgIpc) is 2.69. The average molecular weight is 362 g/mol. The molecule has 0 aromatic carbocycles. The Morgan fingerprint density at radius 1 is 1.12 bits per heavy atom. The summed E-state index contributed by atoms with van der Waals surface area (Å²) in [4.78, 5) is 34.7. The number of nitrogens with zero attached hydrogens (tertiary/aromatic N) is 4. The van der Waals surface area contributed by atoms with Gasteiger partial charge in [-0.3, -0.25) is 9.69 Å². The van der Waals surface area contributed by atoms with Gasteiger partial charge in [0.15, 0.2) is 0 Å². The van der Waals surface area contributed by atoms with Gasteiger partial charge in [-0.05, 0) is 19.1 Å². The Kier molecular flexibility index (Phi) is 6.40. The van der Waals surface area contributed by atoms with E-state index in [1.54, 1.807) is 19.2 Å². The minimum Gasteiger partial charge on any atom is -0.462 e. The van der Waals surface area contributed by atoms with E-state index in [-0.39, 0.29) is 11.9 Å². The third-order valence-electron chi connectivity index (χ3n) is 4.68. The van der Waals surface area contributed by atoms with Gasteiger partial charge in [-0.1, -0.05) is 0 Å². The second kappa shape index (κ2) is 8.95. The zero-order chi connectivity index (χ0) is 18.4. The van der Waals surface area contributed by atoms with Crippen molar-refractivity contribution < 1.29 is 19.1 Å². The number of anilines is 1. The Morgan fingerprint density at radius 3 is 2.46 bits per heavy atom. The molecule has 3 rings (SSSR count). The maximum atomic E-state index is 12.4. The zero-order valence-electron chi connectivity index (χ0n) is 15.2. The van der Waals surface area contributed by atoms with E-state index < -0.39 is 0 Å². The van der Waals surface area contributed by atoms with Crippen molar-refractivity contribution in [2.75, 3.05) is 70.5 Å². The van der Waals surface area contributed by atoms with Crippen LogP contribution in [0, 0.1) is 0 Å². The molecule has 2 saturated heterocycles. The van der Waals surface area contributed by atoms with Gasteiger partial charge < -0.3 is 19.3 Å². The van der Waals surface area contributed by atoms with E-state index in [2.05, 4.69) is 14.8 Å². The summed E-state index contributed by atoms with van der Waals surface area (Å²) in [6.07, 6.45) is 1.54. The molecule has 1 amide bonds. The molecule has 0 aliphatic carbocycles. The molecule has 142 valence electrons. The van der Waals surface area contributed by atoms with Gasteiger partial charge in [-0.25, -0.2) is 9.78 Å². The lowest BCUT2D eigenvalue weighted by molar-refractivity contribution is -0.133. The van der Waals surface area contributed by atoms with Gasteiger partial charge in [0.1, 0.15) is 5.82 Å². The van der Waals surface area contributed by atoms with E-state index in [0.717, 1.165) is 32.0 Å². The number of aromatic nitrogens is 1. The van der Waals surface area contributed by atoms with E-state index in [9.17, 15) is 9.59 Å². The summed E-state index contributed by atoms with van der Waals surface area (Å²) >= 11 is 0. The van der Waals surface area contributed by atoms with Crippen molar-refractivity contribution in [2.24, 2.45) is 0 Å². The molecule has 8 nitrogen and oxygen atoms in total. The summed E-state index contributed by atoms with van der Waals surface area (Å²) < 4.78 is 10.3. The monoisotopic (exact) mass is 362 g/mol. The van der Waals surface area contributed by atoms with Crippen LogP contribution in [0.3, 0.4) is 0 Å². The van der Waals surface area contributed by atoms with Crippen molar-refractivity contribution in [1.29, 1.82) is 0 Å². The molecule has 0 atom stereocenters. The standard InChI is InChI=1S/C18H26N4O4/c1-2-26-18(24)15-3-4-16(19-13-15)21-5-7-22(8-6-21)17(23)14-20-9-11-25-12-10-20/h3-4,13H,2,5-12,14H2,1H3. The fourth-order valence-corrected chi connectivity index (χ4v) is 3.14. The third-order valence-corrected chi connectivity index (χ3v) is 4.68. The first-order chi connectivity index (χ1) is 12.7. The second-order valence-electron chi connectivity index (χ2n) is 6.38. The molecule has 2 aliphatic rings. The van der Waals surface area contributed by atoms with Gasteiger partial charge in [0, 0.05) is 45.5 Å². The van der Waals surface area contributed by atoms with Crippen molar-refractivity contribution >= 4 is 17.7 Å². The fraction of sp³-hybridized carbons (Fsp3) is 0.611. The first-order valence-electron chi connectivity index (χ1n) is 9.13. The molecule has 0 unspecified atom stereocenters. The van der Waals surface area contributed by atoms with E-state index >= 15 is 0 Å². The largest absolute Gasteiger partial charge is 0.462 e. The number of amides is 1.